The number of anilines is 1. The Kier molecular flexibility index (Phi) is 15.0. The first kappa shape index (κ1) is 33.8. The van der Waals surface area contributed by atoms with Gasteiger partial charge in [-0.15, -0.1) is 0 Å². The molecule has 0 aromatic heterocycles. The van der Waals surface area contributed by atoms with Crippen LogP contribution in [0.25, 0.3) is 0 Å². The van der Waals surface area contributed by atoms with Gasteiger partial charge in [0.25, 0.3) is 0 Å². The van der Waals surface area contributed by atoms with E-state index in [4.69, 9.17) is 4.99 Å². The van der Waals surface area contributed by atoms with Crippen molar-refractivity contribution in [1.82, 2.24) is 0 Å². The summed E-state index contributed by atoms with van der Waals surface area (Å²) in [7, 11) is 0. The van der Waals surface area contributed by atoms with E-state index < -0.39 is 0 Å². The Morgan fingerprint density at radius 1 is 1.05 bits per heavy atom. The Morgan fingerprint density at radius 3 is 2.18 bits per heavy atom. The number of amidine groups is 1. The fourth-order valence-corrected chi connectivity index (χ4v) is 4.58. The third-order valence-electron chi connectivity index (χ3n) is 7.07. The van der Waals surface area contributed by atoms with Gasteiger partial charge in [-0.3, -0.25) is 9.59 Å². The van der Waals surface area contributed by atoms with E-state index in [0.717, 1.165) is 41.1 Å². The van der Waals surface area contributed by atoms with Crippen LogP contribution in [0, 0.1) is 0 Å². The van der Waals surface area contributed by atoms with E-state index in [1.54, 1.807) is 37.4 Å². The van der Waals surface area contributed by atoms with E-state index in [0.29, 0.717) is 5.57 Å². The molecule has 0 saturated heterocycles. The number of Topliss-reactive ketones (excluding diaryl/α,β-unsaturated/α-hetero) is 1. The molecule has 0 amide bonds. The summed E-state index contributed by atoms with van der Waals surface area (Å²) in [4.78, 5) is 30.0. The average Bonchev–Trinajstić information content (AvgIpc) is 3.66. The van der Waals surface area contributed by atoms with Gasteiger partial charge in [0.15, 0.2) is 5.78 Å². The molecule has 1 spiro atoms. The van der Waals surface area contributed by atoms with Gasteiger partial charge in [-0.1, -0.05) is 103 Å². The molecule has 1 aliphatic heterocycles. The molecule has 0 bridgehead atoms. The van der Waals surface area contributed by atoms with E-state index in [2.05, 4.69) is 38.0 Å². The van der Waals surface area contributed by atoms with E-state index in [1.807, 2.05) is 39.8 Å². The number of hydrogen-bond donors (Lipinski definition) is 0. The van der Waals surface area contributed by atoms with Crippen LogP contribution in [0.3, 0.4) is 0 Å². The number of fused-ring (bicyclic) bond motifs is 2. The SMILES string of the molecule is C=C\C=C(C=O)/C=C(C)/C(C=C)=C/N=C(C)N1CC2(CC2)c2ccc(C(C)=O)cc21.CC.CCCCCCC. The van der Waals surface area contributed by atoms with Gasteiger partial charge in [0.05, 0.1) is 0 Å². The maximum absolute atomic E-state index is 11.9. The third kappa shape index (κ3) is 9.76. The second-order valence-corrected chi connectivity index (χ2v) is 10.0. The van der Waals surface area contributed by atoms with Gasteiger partial charge in [-0.25, -0.2) is 4.99 Å². The number of carbonyl (C=O) groups is 2. The fraction of sp³-hybridized carbons (Fsp3) is 0.457. The molecule has 1 saturated carbocycles. The monoisotopic (exact) mass is 530 g/mol. The number of aldehydes is 1. The van der Waals surface area contributed by atoms with Crippen LogP contribution in [0.5, 0.6) is 0 Å². The molecule has 0 radical (unpaired) electrons. The number of rotatable bonds is 11. The van der Waals surface area contributed by atoms with Gasteiger partial charge in [0, 0.05) is 35.0 Å². The average molecular weight is 531 g/mol. The van der Waals surface area contributed by atoms with Crippen LogP contribution in [-0.2, 0) is 10.2 Å². The molecule has 4 heteroatoms. The molecule has 0 N–H and O–H groups in total. The predicted octanol–water partition coefficient (Wildman–Crippen LogP) is 9.49. The minimum atomic E-state index is 0.0669. The highest BCUT2D eigenvalue weighted by atomic mass is 16.1. The van der Waals surface area contributed by atoms with Crippen molar-refractivity contribution in [3.05, 3.63) is 89.7 Å². The Morgan fingerprint density at radius 2 is 1.69 bits per heavy atom. The number of allylic oxidation sites excluding steroid dienone is 7. The quantitative estimate of drug-likeness (QED) is 0.0544. The number of benzene rings is 1. The van der Waals surface area contributed by atoms with Crippen LogP contribution in [0.4, 0.5) is 5.69 Å². The van der Waals surface area contributed by atoms with E-state index >= 15 is 0 Å². The number of hydrogen-bond acceptors (Lipinski definition) is 3. The van der Waals surface area contributed by atoms with Crippen molar-refractivity contribution in [1.29, 1.82) is 0 Å². The fourth-order valence-electron chi connectivity index (χ4n) is 4.58. The summed E-state index contributed by atoms with van der Waals surface area (Å²) >= 11 is 0. The summed E-state index contributed by atoms with van der Waals surface area (Å²) < 4.78 is 0. The number of nitrogens with zero attached hydrogens (tertiary/aromatic N) is 2. The van der Waals surface area contributed by atoms with E-state index in [-0.39, 0.29) is 11.2 Å². The molecule has 212 valence electrons. The second kappa shape index (κ2) is 17.3. The minimum absolute atomic E-state index is 0.0669. The Labute approximate surface area is 238 Å². The van der Waals surface area contributed by atoms with Crippen molar-refractivity contribution < 1.29 is 9.59 Å². The molecular weight excluding hydrogens is 480 g/mol. The van der Waals surface area contributed by atoms with Crippen LogP contribution in [0.2, 0.25) is 0 Å². The van der Waals surface area contributed by atoms with Gasteiger partial charge in [-0.2, -0.15) is 0 Å². The first-order valence-electron chi connectivity index (χ1n) is 14.5. The smallest absolute Gasteiger partial charge is 0.159 e. The zero-order valence-electron chi connectivity index (χ0n) is 25.5. The van der Waals surface area contributed by atoms with Crippen molar-refractivity contribution in [2.75, 3.05) is 11.4 Å². The summed E-state index contributed by atoms with van der Waals surface area (Å²) in [6.07, 6.45) is 18.7. The largest absolute Gasteiger partial charge is 0.329 e. The van der Waals surface area contributed by atoms with Crippen molar-refractivity contribution in [3.8, 4) is 0 Å². The topological polar surface area (TPSA) is 49.7 Å². The molecule has 0 atom stereocenters. The van der Waals surface area contributed by atoms with E-state index in [1.165, 1.54) is 50.5 Å². The highest BCUT2D eigenvalue weighted by molar-refractivity contribution is 6.02. The van der Waals surface area contributed by atoms with Crippen LogP contribution in [-0.4, -0.2) is 24.4 Å². The molecule has 1 aromatic rings. The molecule has 1 heterocycles. The predicted molar refractivity (Wildman–Crippen MR) is 170 cm³/mol. The zero-order chi connectivity index (χ0) is 29.4. The minimum Gasteiger partial charge on any atom is -0.329 e. The first-order chi connectivity index (χ1) is 18.8. The zero-order valence-corrected chi connectivity index (χ0v) is 25.5. The summed E-state index contributed by atoms with van der Waals surface area (Å²) in [5.74, 6) is 0.933. The number of unbranched alkanes of at least 4 members (excludes halogenated alkanes) is 4. The maximum Gasteiger partial charge on any atom is 0.159 e. The second-order valence-electron chi connectivity index (χ2n) is 10.0. The Balaban J connectivity index is 0.000000735. The molecule has 3 rings (SSSR count). The highest BCUT2D eigenvalue weighted by Gasteiger charge is 2.52. The molecular formula is C35H50N2O2. The standard InChI is InChI=1S/C26H28N2O2.C7H16.C2H6/c1-6-8-21(16-29)13-18(3)22(7-2)15-27-20(5)28-17-26(11-12-26)24-10-9-23(19(4)30)14-25(24)28;1-3-5-7-6-4-2;1-2/h6-10,13-16H,1-2,11-12,17H2,3-5H3;3-7H2,1-2H3;1-2H3/b18-13+,21-8+,22-15+,27-20?;;. The number of ketones is 1. The molecule has 4 nitrogen and oxygen atoms in total. The van der Waals surface area contributed by atoms with Crippen LogP contribution in [0.1, 0.15) is 109 Å². The Hall–Kier alpha value is -3.27. The van der Waals surface area contributed by atoms with Gasteiger partial charge in [0.1, 0.15) is 12.1 Å². The Bertz CT molecular complexity index is 1110. The van der Waals surface area contributed by atoms with Crippen molar-refractivity contribution in [2.45, 2.75) is 98.8 Å². The molecule has 1 aliphatic carbocycles. The number of aliphatic imine (C=N–C) groups is 1. The molecule has 39 heavy (non-hydrogen) atoms. The molecule has 1 aromatic carbocycles. The first-order valence-corrected chi connectivity index (χ1v) is 14.5. The van der Waals surface area contributed by atoms with E-state index in [9.17, 15) is 9.59 Å². The van der Waals surface area contributed by atoms with Gasteiger partial charge in [0.2, 0.25) is 0 Å². The molecule has 2 aliphatic rings. The van der Waals surface area contributed by atoms with Crippen LogP contribution < -0.4 is 4.90 Å². The van der Waals surface area contributed by atoms with Gasteiger partial charge < -0.3 is 4.90 Å². The number of carbonyl (C=O) groups excluding carboxylic acids is 2. The summed E-state index contributed by atoms with van der Waals surface area (Å²) in [6, 6.07) is 6.03. The lowest BCUT2D eigenvalue weighted by Gasteiger charge is -2.19. The normalized spacial score (nSPS) is 15.9. The molecule has 1 fully saturated rings. The lowest BCUT2D eigenvalue weighted by atomic mass is 9.97. The van der Waals surface area contributed by atoms with Gasteiger partial charge in [-0.05, 0) is 62.5 Å². The summed E-state index contributed by atoms with van der Waals surface area (Å²) in [6.45, 7) is 22.4. The van der Waals surface area contributed by atoms with Crippen LogP contribution in [0.15, 0.2) is 83.6 Å². The highest BCUT2D eigenvalue weighted by Crippen LogP contribution is 2.56. The lowest BCUT2D eigenvalue weighted by Crippen LogP contribution is -2.29. The third-order valence-corrected chi connectivity index (χ3v) is 7.07. The summed E-state index contributed by atoms with van der Waals surface area (Å²) in [5.41, 5.74) is 5.59. The molecule has 0 unspecified atom stereocenters. The van der Waals surface area contributed by atoms with Crippen molar-refractivity contribution >= 4 is 23.6 Å². The summed E-state index contributed by atoms with van der Waals surface area (Å²) in [5, 5.41) is 0. The van der Waals surface area contributed by atoms with Gasteiger partial charge >= 0.3 is 0 Å². The lowest BCUT2D eigenvalue weighted by molar-refractivity contribution is -0.104. The van der Waals surface area contributed by atoms with Crippen molar-refractivity contribution in [3.63, 3.8) is 0 Å². The van der Waals surface area contributed by atoms with Crippen molar-refractivity contribution in [2.24, 2.45) is 4.99 Å². The van der Waals surface area contributed by atoms with Crippen LogP contribution >= 0.6 is 0 Å². The maximum atomic E-state index is 11.9.